The molecule has 6 heteroatoms. The van der Waals surface area contributed by atoms with Crippen LogP contribution in [-0.2, 0) is 43.2 Å². The molecule has 0 atom stereocenters. The summed E-state index contributed by atoms with van der Waals surface area (Å²) in [5, 5.41) is 9.79. The van der Waals surface area contributed by atoms with Crippen LogP contribution in [0.1, 0.15) is 58.2 Å². The summed E-state index contributed by atoms with van der Waals surface area (Å²) in [7, 11) is -2.58. The smallest absolute Gasteiger partial charge is 0 e. The molecular formula is C46H68HfN2Si3-4. The first-order valence-electron chi connectivity index (χ1n) is 18.4. The molecule has 0 aliphatic heterocycles. The molecule has 0 spiro atoms. The number of hydrogen-bond donors (Lipinski definition) is 0. The standard InChI is InChI=1S/C34H35N2.3C4H11Si.Hf/c1-33(2,3)26-17-15-24-19-25-16-18-27(34(4,5)6)21-29(25)32(28(24)20-26)30-13-10-14-31(36-30)35-22-23-11-8-7-9-12-23;3*1-5(2,3)4;/h7-21H,22H2,1-6H3;3*1H2,2-4H3;/q4*-1;. The van der Waals surface area contributed by atoms with E-state index < -0.39 is 24.2 Å². The van der Waals surface area contributed by atoms with Crippen molar-refractivity contribution in [3.05, 3.63) is 133 Å². The van der Waals surface area contributed by atoms with Crippen molar-refractivity contribution in [1.82, 2.24) is 4.98 Å². The molecule has 0 bridgehead atoms. The van der Waals surface area contributed by atoms with Crippen LogP contribution < -0.4 is 0 Å². The average Bonchev–Trinajstić information content (AvgIpc) is 2.95. The van der Waals surface area contributed by atoms with E-state index in [1.165, 1.54) is 43.8 Å². The number of hydrogen-bond acceptors (Lipinski definition) is 1. The van der Waals surface area contributed by atoms with Gasteiger partial charge in [0, 0.05) is 25.8 Å². The molecular weight excluding hydrogens is 843 g/mol. The number of aromatic nitrogens is 1. The molecule has 5 aromatic rings. The minimum absolute atomic E-state index is 0. The van der Waals surface area contributed by atoms with Gasteiger partial charge in [0.2, 0.25) is 0 Å². The fraction of sp³-hybridized carbons (Fsp3) is 0.391. The predicted molar refractivity (Wildman–Crippen MR) is 241 cm³/mol. The van der Waals surface area contributed by atoms with Crippen LogP contribution in [-0.4, -0.2) is 29.2 Å². The predicted octanol–water partition coefficient (Wildman–Crippen LogP) is 14.9. The normalized spacial score (nSPS) is 12.0. The summed E-state index contributed by atoms with van der Waals surface area (Å²) in [4.78, 5) is 5.08. The summed E-state index contributed by atoms with van der Waals surface area (Å²) >= 11 is 0. The van der Waals surface area contributed by atoms with E-state index in [1.807, 2.05) is 12.1 Å². The summed E-state index contributed by atoms with van der Waals surface area (Å²) in [6, 6.07) is 32.7. The zero-order valence-electron chi connectivity index (χ0n) is 35.4. The topological polar surface area (TPSA) is 27.0 Å². The van der Waals surface area contributed by atoms with Gasteiger partial charge in [0.1, 0.15) is 0 Å². The van der Waals surface area contributed by atoms with Crippen molar-refractivity contribution in [2.24, 2.45) is 0 Å². The summed E-state index contributed by atoms with van der Waals surface area (Å²) in [6.45, 7) is 45.9. The number of fused-ring (bicyclic) bond motifs is 2. The molecule has 0 saturated carbocycles. The number of nitrogens with zero attached hydrogens (tertiary/aromatic N) is 2. The van der Waals surface area contributed by atoms with E-state index in [-0.39, 0.29) is 36.7 Å². The first-order chi connectivity index (χ1) is 23.1. The Bertz CT molecular complexity index is 1710. The molecule has 282 valence electrons. The van der Waals surface area contributed by atoms with Gasteiger partial charge in [0.05, 0.1) is 0 Å². The van der Waals surface area contributed by atoms with Gasteiger partial charge in [-0.2, -0.15) is 0 Å². The largest absolute Gasteiger partial charge is 0.461 e. The van der Waals surface area contributed by atoms with Gasteiger partial charge in [-0.1, -0.05) is 179 Å². The molecule has 0 aliphatic rings. The first-order valence-corrected chi connectivity index (χ1v) is 29.5. The van der Waals surface area contributed by atoms with Crippen LogP contribution in [0.15, 0.2) is 91.0 Å². The van der Waals surface area contributed by atoms with E-state index >= 15 is 0 Å². The molecule has 0 aliphatic carbocycles. The molecule has 4 aromatic carbocycles. The number of rotatable bonds is 4. The first kappa shape index (κ1) is 47.9. The minimum atomic E-state index is -0.861. The second kappa shape index (κ2) is 19.5. The third kappa shape index (κ3) is 18.8. The van der Waals surface area contributed by atoms with Crippen molar-refractivity contribution >= 4 is 51.6 Å². The van der Waals surface area contributed by atoms with Crippen LogP contribution in [0.2, 0.25) is 58.9 Å². The van der Waals surface area contributed by atoms with Crippen LogP contribution >= 0.6 is 0 Å². The van der Waals surface area contributed by atoms with E-state index in [9.17, 15) is 0 Å². The van der Waals surface area contributed by atoms with Crippen LogP contribution in [0.3, 0.4) is 0 Å². The van der Waals surface area contributed by atoms with Crippen LogP contribution in [0.4, 0.5) is 5.82 Å². The van der Waals surface area contributed by atoms with Gasteiger partial charge in [0.15, 0.2) is 0 Å². The molecule has 2 nitrogen and oxygen atoms in total. The molecule has 5 rings (SSSR count). The Labute approximate surface area is 341 Å². The summed E-state index contributed by atoms with van der Waals surface area (Å²) in [5.41, 5.74) is 6.13. The Hall–Kier alpha value is -2.13. The van der Waals surface area contributed by atoms with Gasteiger partial charge in [0.25, 0.3) is 0 Å². The second-order valence-corrected chi connectivity index (χ2v) is 34.9. The second-order valence-electron chi connectivity index (χ2n) is 19.5. The molecule has 1 aromatic heterocycles. The van der Waals surface area contributed by atoms with Crippen molar-refractivity contribution in [2.45, 2.75) is 118 Å². The molecule has 0 amide bonds. The third-order valence-electron chi connectivity index (χ3n) is 6.95. The zero-order valence-corrected chi connectivity index (χ0v) is 42.0. The Morgan fingerprint density at radius 3 is 1.33 bits per heavy atom. The maximum atomic E-state index is 5.08. The van der Waals surface area contributed by atoms with Crippen molar-refractivity contribution in [3.8, 4) is 11.3 Å². The van der Waals surface area contributed by atoms with E-state index in [0.717, 1.165) is 11.5 Å². The summed E-state index contributed by atoms with van der Waals surface area (Å²) < 4.78 is 0. The fourth-order valence-corrected chi connectivity index (χ4v) is 4.73. The van der Waals surface area contributed by atoms with Crippen LogP contribution in [0.25, 0.3) is 38.1 Å². The fourth-order valence-electron chi connectivity index (χ4n) is 4.73. The van der Waals surface area contributed by atoms with E-state index in [2.05, 4.69) is 199 Å². The quantitative estimate of drug-likeness (QED) is 0.100. The average molecular weight is 912 g/mol. The number of benzene rings is 4. The van der Waals surface area contributed by atoms with Crippen molar-refractivity contribution in [2.75, 3.05) is 0 Å². The molecule has 52 heavy (non-hydrogen) atoms. The Kier molecular flexibility index (Phi) is 17.9. The van der Waals surface area contributed by atoms with Gasteiger partial charge in [-0.3, -0.25) is 0 Å². The SMILES string of the molecule is CC(C)(C)c1ccc2cc3ccc(C(C)(C)C)cc3c(-c3cccc([N-]Cc4ccccc4)n3)c2c1.[CH2-][Si](C)(C)C.[CH2-][Si](C)(C)C.[CH2-][Si](C)(C)C.[Hf]. The van der Waals surface area contributed by atoms with E-state index in [1.54, 1.807) is 0 Å². The monoisotopic (exact) mass is 912 g/mol. The number of pyridine rings is 1. The molecule has 0 fully saturated rings. The van der Waals surface area contributed by atoms with E-state index in [4.69, 9.17) is 10.3 Å². The van der Waals surface area contributed by atoms with E-state index in [0.29, 0.717) is 6.54 Å². The van der Waals surface area contributed by atoms with Crippen molar-refractivity contribution in [1.29, 1.82) is 0 Å². The van der Waals surface area contributed by atoms with Crippen molar-refractivity contribution < 1.29 is 25.8 Å². The molecule has 0 unspecified atom stereocenters. The van der Waals surface area contributed by atoms with Crippen LogP contribution in [0, 0.1) is 19.6 Å². The van der Waals surface area contributed by atoms with Crippen LogP contribution in [0.5, 0.6) is 0 Å². The molecule has 0 radical (unpaired) electrons. The molecule has 0 saturated heterocycles. The Morgan fingerprint density at radius 2 is 0.942 bits per heavy atom. The van der Waals surface area contributed by atoms with Gasteiger partial charge in [-0.05, 0) is 85.1 Å². The van der Waals surface area contributed by atoms with Gasteiger partial charge < -0.3 is 29.9 Å². The van der Waals surface area contributed by atoms with Gasteiger partial charge >= 0.3 is 0 Å². The van der Waals surface area contributed by atoms with Gasteiger partial charge in [-0.15, -0.1) is 24.2 Å². The summed E-state index contributed by atoms with van der Waals surface area (Å²) in [5.74, 6) is 0.764. The van der Waals surface area contributed by atoms with Gasteiger partial charge in [-0.25, -0.2) is 0 Å². The molecule has 0 N–H and O–H groups in total. The maximum absolute atomic E-state index is 5.08. The third-order valence-corrected chi connectivity index (χ3v) is 6.95. The Morgan fingerprint density at radius 1 is 0.538 bits per heavy atom. The zero-order chi connectivity index (χ0) is 39.0. The molecule has 1 heterocycles. The summed E-state index contributed by atoms with van der Waals surface area (Å²) in [6.07, 6.45) is 0. The Balaban J connectivity index is 0.000000716. The van der Waals surface area contributed by atoms with Crippen molar-refractivity contribution in [3.63, 3.8) is 0 Å². The maximum Gasteiger partial charge on any atom is 0 e. The minimum Gasteiger partial charge on any atom is -0.461 e.